The average Bonchev–Trinajstić information content (AvgIpc) is 2.88. The first-order valence-electron chi connectivity index (χ1n) is 7.64. The Hall–Kier alpha value is -1.91. The highest BCUT2D eigenvalue weighted by atomic mass is 16.1. The summed E-state index contributed by atoms with van der Waals surface area (Å²) in [6.45, 7) is 8.23. The van der Waals surface area contributed by atoms with Crippen LogP contribution in [0.15, 0.2) is 24.4 Å². The van der Waals surface area contributed by atoms with Gasteiger partial charge in [0, 0.05) is 12.1 Å². The largest absolute Gasteiger partial charge is 0.346 e. The van der Waals surface area contributed by atoms with E-state index in [9.17, 15) is 4.79 Å². The molecular formula is C16H24N4O. The first-order valence-corrected chi connectivity index (χ1v) is 7.64. The number of rotatable bonds is 6. The molecule has 1 N–H and O–H groups in total. The van der Waals surface area contributed by atoms with Crippen LogP contribution in [0, 0.1) is 11.8 Å². The van der Waals surface area contributed by atoms with E-state index >= 15 is 0 Å². The molecule has 0 aliphatic carbocycles. The lowest BCUT2D eigenvalue weighted by Gasteiger charge is -2.22. The Balaban J connectivity index is 2.25. The monoisotopic (exact) mass is 288 g/mol. The molecular weight excluding hydrogens is 264 g/mol. The third kappa shape index (κ3) is 3.40. The van der Waals surface area contributed by atoms with Crippen LogP contribution in [0.4, 0.5) is 0 Å². The number of nitrogens with zero attached hydrogens (tertiary/aromatic N) is 3. The second kappa shape index (κ2) is 6.70. The molecule has 5 heteroatoms. The van der Waals surface area contributed by atoms with Gasteiger partial charge in [-0.15, -0.1) is 10.2 Å². The smallest absolute Gasteiger partial charge is 0.223 e. The molecule has 2 atom stereocenters. The summed E-state index contributed by atoms with van der Waals surface area (Å²) in [5, 5.41) is 11.6. The summed E-state index contributed by atoms with van der Waals surface area (Å²) >= 11 is 0. The van der Waals surface area contributed by atoms with E-state index in [1.54, 1.807) is 0 Å². The lowest BCUT2D eigenvalue weighted by Crippen LogP contribution is -2.36. The van der Waals surface area contributed by atoms with E-state index in [0.717, 1.165) is 24.3 Å². The first-order chi connectivity index (χ1) is 10.0. The van der Waals surface area contributed by atoms with Crippen molar-refractivity contribution in [1.29, 1.82) is 0 Å². The molecule has 2 rings (SSSR count). The summed E-state index contributed by atoms with van der Waals surface area (Å²) in [5.74, 6) is 1.15. The molecule has 5 nitrogen and oxygen atoms in total. The summed E-state index contributed by atoms with van der Waals surface area (Å²) in [4.78, 5) is 12.3. The molecule has 0 spiro atoms. The molecule has 114 valence electrons. The number of hydrogen-bond donors (Lipinski definition) is 1. The van der Waals surface area contributed by atoms with E-state index in [0.29, 0.717) is 0 Å². The highest BCUT2D eigenvalue weighted by molar-refractivity contribution is 5.78. The molecule has 0 fully saturated rings. The van der Waals surface area contributed by atoms with Crippen molar-refractivity contribution in [3.8, 4) is 0 Å². The fraction of sp³-hybridized carbons (Fsp3) is 0.562. The molecule has 0 aromatic carbocycles. The van der Waals surface area contributed by atoms with E-state index in [4.69, 9.17) is 0 Å². The molecule has 21 heavy (non-hydrogen) atoms. The van der Waals surface area contributed by atoms with Crippen LogP contribution in [0.5, 0.6) is 0 Å². The van der Waals surface area contributed by atoms with Crippen LogP contribution >= 0.6 is 0 Å². The second-order valence-corrected chi connectivity index (χ2v) is 5.91. The molecule has 0 bridgehead atoms. The maximum Gasteiger partial charge on any atom is 0.223 e. The number of fused-ring (bicyclic) bond motifs is 1. The van der Waals surface area contributed by atoms with Gasteiger partial charge >= 0.3 is 0 Å². The van der Waals surface area contributed by atoms with Gasteiger partial charge in [0.05, 0.1) is 6.04 Å². The zero-order chi connectivity index (χ0) is 15.4. The summed E-state index contributed by atoms with van der Waals surface area (Å²) in [6, 6.07) is 5.66. The van der Waals surface area contributed by atoms with E-state index in [-0.39, 0.29) is 23.8 Å². The van der Waals surface area contributed by atoms with Gasteiger partial charge in [-0.05, 0) is 24.5 Å². The zero-order valence-corrected chi connectivity index (χ0v) is 13.2. The van der Waals surface area contributed by atoms with Gasteiger partial charge in [-0.1, -0.05) is 40.2 Å². The van der Waals surface area contributed by atoms with Crippen LogP contribution in [0.1, 0.15) is 52.4 Å². The summed E-state index contributed by atoms with van der Waals surface area (Å²) < 4.78 is 1.94. The predicted molar refractivity (Wildman–Crippen MR) is 82.8 cm³/mol. The van der Waals surface area contributed by atoms with Gasteiger partial charge in [0.25, 0.3) is 0 Å². The Morgan fingerprint density at radius 1 is 1.29 bits per heavy atom. The molecule has 0 saturated heterocycles. The molecule has 0 radical (unpaired) electrons. The minimum absolute atomic E-state index is 0.0236. The highest BCUT2D eigenvalue weighted by Gasteiger charge is 2.25. The Morgan fingerprint density at radius 3 is 2.71 bits per heavy atom. The van der Waals surface area contributed by atoms with Gasteiger partial charge < -0.3 is 5.32 Å². The quantitative estimate of drug-likeness (QED) is 0.889. The summed E-state index contributed by atoms with van der Waals surface area (Å²) in [5.41, 5.74) is 0.800. The van der Waals surface area contributed by atoms with Crippen LogP contribution in [0.25, 0.3) is 5.65 Å². The lowest BCUT2D eigenvalue weighted by atomic mass is 10.0. The van der Waals surface area contributed by atoms with Gasteiger partial charge in [0.1, 0.15) is 0 Å². The number of aromatic nitrogens is 3. The van der Waals surface area contributed by atoms with Crippen molar-refractivity contribution >= 4 is 11.6 Å². The predicted octanol–water partition coefficient (Wildman–Crippen LogP) is 2.98. The van der Waals surface area contributed by atoms with E-state index in [2.05, 4.69) is 36.3 Å². The van der Waals surface area contributed by atoms with Crippen LogP contribution in [-0.4, -0.2) is 20.5 Å². The molecule has 2 heterocycles. The van der Waals surface area contributed by atoms with Crippen molar-refractivity contribution in [3.63, 3.8) is 0 Å². The maximum absolute atomic E-state index is 12.3. The normalized spacial score (nSPS) is 14.3. The lowest BCUT2D eigenvalue weighted by molar-refractivity contribution is -0.125. The zero-order valence-electron chi connectivity index (χ0n) is 13.2. The SMILES string of the molecule is CCCC(C)C(=O)NC(c1nnc2ccccn12)C(C)C. The fourth-order valence-corrected chi connectivity index (χ4v) is 2.46. The van der Waals surface area contributed by atoms with Crippen LogP contribution in [0.2, 0.25) is 0 Å². The molecule has 0 aliphatic rings. The molecule has 0 aliphatic heterocycles. The molecule has 1 amide bonds. The van der Waals surface area contributed by atoms with E-state index < -0.39 is 0 Å². The van der Waals surface area contributed by atoms with Crippen LogP contribution in [0.3, 0.4) is 0 Å². The summed E-state index contributed by atoms with van der Waals surface area (Å²) in [7, 11) is 0. The Bertz CT molecular complexity index is 605. The van der Waals surface area contributed by atoms with Crippen molar-refractivity contribution in [2.24, 2.45) is 11.8 Å². The first kappa shape index (κ1) is 15.5. The Kier molecular flexibility index (Phi) is 4.94. The van der Waals surface area contributed by atoms with Crippen molar-refractivity contribution in [2.45, 2.75) is 46.6 Å². The third-order valence-electron chi connectivity index (χ3n) is 3.75. The number of carbonyl (C=O) groups excluding carboxylic acids is 1. The maximum atomic E-state index is 12.3. The molecule has 0 saturated carbocycles. The number of nitrogens with one attached hydrogen (secondary N) is 1. The summed E-state index contributed by atoms with van der Waals surface area (Å²) in [6.07, 6.45) is 3.84. The number of hydrogen-bond acceptors (Lipinski definition) is 3. The molecule has 2 aromatic heterocycles. The highest BCUT2D eigenvalue weighted by Crippen LogP contribution is 2.21. The van der Waals surface area contributed by atoms with Crippen molar-refractivity contribution in [2.75, 3.05) is 0 Å². The minimum Gasteiger partial charge on any atom is -0.346 e. The number of amides is 1. The standard InChI is InChI=1S/C16H24N4O/c1-5-8-12(4)16(21)17-14(11(2)3)15-19-18-13-9-6-7-10-20(13)15/h6-7,9-12,14H,5,8H2,1-4H3,(H,17,21). The third-order valence-corrected chi connectivity index (χ3v) is 3.75. The number of pyridine rings is 1. The van der Waals surface area contributed by atoms with E-state index in [1.807, 2.05) is 35.7 Å². The van der Waals surface area contributed by atoms with Gasteiger partial charge in [-0.3, -0.25) is 9.20 Å². The van der Waals surface area contributed by atoms with Crippen molar-refractivity contribution in [1.82, 2.24) is 19.9 Å². The van der Waals surface area contributed by atoms with Gasteiger partial charge in [0.15, 0.2) is 11.5 Å². The van der Waals surface area contributed by atoms with Gasteiger partial charge in [-0.2, -0.15) is 0 Å². The van der Waals surface area contributed by atoms with Crippen LogP contribution < -0.4 is 5.32 Å². The average molecular weight is 288 g/mol. The van der Waals surface area contributed by atoms with Crippen molar-refractivity contribution < 1.29 is 4.79 Å². The molecule has 2 unspecified atom stereocenters. The molecule has 2 aromatic rings. The fourth-order valence-electron chi connectivity index (χ4n) is 2.46. The second-order valence-electron chi connectivity index (χ2n) is 5.91. The number of carbonyl (C=O) groups is 1. The van der Waals surface area contributed by atoms with E-state index in [1.165, 1.54) is 0 Å². The van der Waals surface area contributed by atoms with Gasteiger partial charge in [-0.25, -0.2) is 0 Å². The van der Waals surface area contributed by atoms with Gasteiger partial charge in [0.2, 0.25) is 5.91 Å². The Labute approximate surface area is 125 Å². The Morgan fingerprint density at radius 2 is 2.05 bits per heavy atom. The minimum atomic E-state index is -0.130. The topological polar surface area (TPSA) is 59.3 Å². The van der Waals surface area contributed by atoms with Crippen LogP contribution in [-0.2, 0) is 4.79 Å². The van der Waals surface area contributed by atoms with Crippen molar-refractivity contribution in [3.05, 3.63) is 30.2 Å².